The fraction of sp³-hybridized carbons (Fsp3) is 0.0845. The number of pyridine rings is 1. The molecule has 5 heterocycles. The third-order valence-corrected chi connectivity index (χ3v) is 15.8. The van der Waals surface area contributed by atoms with E-state index in [1.165, 1.54) is 32.7 Å². The summed E-state index contributed by atoms with van der Waals surface area (Å²) in [7, 11) is 0. The second-order valence-electron chi connectivity index (χ2n) is 21.1. The highest BCUT2D eigenvalue weighted by atomic mass is 16.3. The number of para-hydroxylation sites is 4. The molecule has 15 aromatic rings. The summed E-state index contributed by atoms with van der Waals surface area (Å²) in [5, 5.41) is 6.59. The molecular weight excluding hydrogens is 955 g/mol. The second-order valence-corrected chi connectivity index (χ2v) is 21.1. The van der Waals surface area contributed by atoms with Crippen molar-refractivity contribution in [2.45, 2.75) is 39.5 Å². The number of furan rings is 2. The predicted molar refractivity (Wildman–Crippen MR) is 325 cm³/mol. The SMILES string of the molecule is CC(C)c1ccc(N(c2ccc3c(c2)oc2cc4oc5cc(N(c6ccc(C(C)C)cc6)c6cccc7c6c6ccccc6n7-c6ccccc6)ccc5c4nc23)c2cccc3c2c2ccccc2n3-c2ccccc2)cc1. The van der Waals surface area contributed by atoms with Gasteiger partial charge in [-0.25, -0.2) is 4.98 Å². The van der Waals surface area contributed by atoms with E-state index in [9.17, 15) is 0 Å². The lowest BCUT2D eigenvalue weighted by molar-refractivity contribution is 0.655. The summed E-state index contributed by atoms with van der Waals surface area (Å²) in [6, 6.07) is 85.0. The van der Waals surface area contributed by atoms with Crippen molar-refractivity contribution in [1.29, 1.82) is 0 Å². The molecule has 10 aromatic carbocycles. The van der Waals surface area contributed by atoms with Crippen LogP contribution in [-0.2, 0) is 0 Å². The fourth-order valence-electron chi connectivity index (χ4n) is 12.1. The van der Waals surface area contributed by atoms with E-state index in [4.69, 9.17) is 13.8 Å². The Hall–Kier alpha value is -9.85. The lowest BCUT2D eigenvalue weighted by Gasteiger charge is -2.27. The monoisotopic (exact) mass is 1010 g/mol. The maximum absolute atomic E-state index is 6.84. The Morgan fingerprint density at radius 2 is 0.718 bits per heavy atom. The molecule has 0 fully saturated rings. The quantitative estimate of drug-likeness (QED) is 0.137. The highest BCUT2D eigenvalue weighted by Gasteiger charge is 2.25. The number of hydrogen-bond donors (Lipinski definition) is 0. The maximum Gasteiger partial charge on any atom is 0.157 e. The van der Waals surface area contributed by atoms with Crippen molar-refractivity contribution < 1.29 is 8.83 Å². The van der Waals surface area contributed by atoms with Crippen molar-refractivity contribution in [3.05, 3.63) is 248 Å². The fourth-order valence-corrected chi connectivity index (χ4v) is 12.1. The van der Waals surface area contributed by atoms with Gasteiger partial charge in [0.25, 0.3) is 0 Å². The first-order valence-corrected chi connectivity index (χ1v) is 27.0. The topological polar surface area (TPSA) is 55.5 Å². The molecule has 0 radical (unpaired) electrons. The van der Waals surface area contributed by atoms with Crippen molar-refractivity contribution in [2.75, 3.05) is 9.80 Å². The van der Waals surface area contributed by atoms with Crippen LogP contribution in [0.1, 0.15) is 50.7 Å². The molecule has 0 atom stereocenters. The second kappa shape index (κ2) is 17.9. The van der Waals surface area contributed by atoms with E-state index in [0.717, 1.165) is 101 Å². The normalized spacial score (nSPS) is 12.1. The Morgan fingerprint density at radius 1 is 0.333 bits per heavy atom. The number of rotatable bonds is 10. The van der Waals surface area contributed by atoms with Crippen molar-refractivity contribution in [3.8, 4) is 11.4 Å². The minimum Gasteiger partial charge on any atom is -0.454 e. The molecule has 0 aliphatic carbocycles. The number of anilines is 6. The Bertz CT molecular complexity index is 4490. The smallest absolute Gasteiger partial charge is 0.157 e. The van der Waals surface area contributed by atoms with E-state index in [-0.39, 0.29) is 0 Å². The van der Waals surface area contributed by atoms with Gasteiger partial charge in [0.1, 0.15) is 22.2 Å². The molecule has 0 unspecified atom stereocenters. The number of nitrogens with zero attached hydrogens (tertiary/aromatic N) is 5. The first-order chi connectivity index (χ1) is 38.3. The van der Waals surface area contributed by atoms with Crippen LogP contribution in [0.4, 0.5) is 34.1 Å². The highest BCUT2D eigenvalue weighted by molar-refractivity contribution is 6.19. The van der Waals surface area contributed by atoms with Crippen molar-refractivity contribution in [3.63, 3.8) is 0 Å². The Morgan fingerprint density at radius 3 is 1.14 bits per heavy atom. The van der Waals surface area contributed by atoms with Crippen LogP contribution in [0.3, 0.4) is 0 Å². The summed E-state index contributed by atoms with van der Waals surface area (Å²) >= 11 is 0. The van der Waals surface area contributed by atoms with Gasteiger partial charge < -0.3 is 27.8 Å². The molecule has 0 bridgehead atoms. The zero-order chi connectivity index (χ0) is 52.2. The van der Waals surface area contributed by atoms with Gasteiger partial charge in [0.15, 0.2) is 11.2 Å². The zero-order valence-corrected chi connectivity index (χ0v) is 43.7. The average Bonchev–Trinajstić information content (AvgIpc) is 4.26. The summed E-state index contributed by atoms with van der Waals surface area (Å²) < 4.78 is 18.4. The molecule has 374 valence electrons. The van der Waals surface area contributed by atoms with Crippen molar-refractivity contribution in [2.24, 2.45) is 0 Å². The molecule has 15 rings (SSSR count). The van der Waals surface area contributed by atoms with Gasteiger partial charge in [0, 0.05) is 84.6 Å². The van der Waals surface area contributed by atoms with Gasteiger partial charge in [0.2, 0.25) is 0 Å². The molecule has 78 heavy (non-hydrogen) atoms. The summed E-state index contributed by atoms with van der Waals surface area (Å²) in [5.41, 5.74) is 20.1. The van der Waals surface area contributed by atoms with Crippen molar-refractivity contribution in [1.82, 2.24) is 14.1 Å². The van der Waals surface area contributed by atoms with E-state index < -0.39 is 0 Å². The van der Waals surface area contributed by atoms with Crippen LogP contribution in [-0.4, -0.2) is 14.1 Å². The Balaban J connectivity index is 0.870. The Kier molecular flexibility index (Phi) is 10.4. The first kappa shape index (κ1) is 45.5. The number of fused-ring (bicyclic) bond motifs is 12. The molecule has 0 aliphatic rings. The summed E-state index contributed by atoms with van der Waals surface area (Å²) in [5.74, 6) is 0.809. The van der Waals surface area contributed by atoms with Gasteiger partial charge in [-0.15, -0.1) is 0 Å². The number of benzene rings is 10. The molecular formula is C71H53N5O2. The third kappa shape index (κ3) is 7.15. The molecule has 0 aliphatic heterocycles. The molecule has 7 nitrogen and oxygen atoms in total. The van der Waals surface area contributed by atoms with E-state index in [1.807, 2.05) is 6.07 Å². The molecule has 7 heteroatoms. The molecule has 5 aromatic heterocycles. The number of aromatic nitrogens is 3. The lowest BCUT2D eigenvalue weighted by Crippen LogP contribution is -2.10. The molecule has 0 N–H and O–H groups in total. The van der Waals surface area contributed by atoms with Crippen LogP contribution < -0.4 is 9.80 Å². The predicted octanol–water partition coefficient (Wildman–Crippen LogP) is 20.3. The van der Waals surface area contributed by atoms with Gasteiger partial charge >= 0.3 is 0 Å². The average molecular weight is 1010 g/mol. The van der Waals surface area contributed by atoms with Crippen LogP contribution in [0.25, 0.3) is 99.1 Å². The first-order valence-electron chi connectivity index (χ1n) is 27.0. The zero-order valence-electron chi connectivity index (χ0n) is 43.7. The van der Waals surface area contributed by atoms with Crippen LogP contribution in [0.15, 0.2) is 245 Å². The van der Waals surface area contributed by atoms with Gasteiger partial charge in [-0.3, -0.25) is 0 Å². The third-order valence-electron chi connectivity index (χ3n) is 15.8. The summed E-state index contributed by atoms with van der Waals surface area (Å²) in [6.07, 6.45) is 0. The van der Waals surface area contributed by atoms with Gasteiger partial charge in [-0.2, -0.15) is 0 Å². The summed E-state index contributed by atoms with van der Waals surface area (Å²) in [4.78, 5) is 10.1. The Labute approximate surface area is 451 Å². The largest absolute Gasteiger partial charge is 0.454 e. The minimum absolute atomic E-state index is 0.405. The van der Waals surface area contributed by atoms with E-state index in [1.54, 1.807) is 0 Å². The standard InChI is InChI=1S/C71H53N5O2/c1-44(2)46-29-33-50(34-30-46)73(60-25-15-27-62-68(60)54-21-11-13-23-58(54)75(62)48-17-7-5-8-18-48)52-37-39-56-64(41-52)77-66-43-67-71(72-70(56)66)57-40-38-53(42-65(57)78-67)74(51-35-31-47(32-36-51)45(3)4)61-26-16-28-63-69(61)55-22-12-14-24-59(55)76(63)49-19-9-6-10-20-49/h5-45H,1-4H3. The van der Waals surface area contributed by atoms with Crippen LogP contribution in [0.2, 0.25) is 0 Å². The maximum atomic E-state index is 6.84. The van der Waals surface area contributed by atoms with Crippen LogP contribution in [0.5, 0.6) is 0 Å². The molecule has 0 amide bonds. The highest BCUT2D eigenvalue weighted by Crippen LogP contribution is 2.48. The number of hydrogen-bond acceptors (Lipinski definition) is 5. The van der Waals surface area contributed by atoms with Gasteiger partial charge in [-0.1, -0.05) is 137 Å². The van der Waals surface area contributed by atoms with E-state index >= 15 is 0 Å². The van der Waals surface area contributed by atoms with Gasteiger partial charge in [-0.05, 0) is 132 Å². The van der Waals surface area contributed by atoms with Crippen LogP contribution >= 0.6 is 0 Å². The van der Waals surface area contributed by atoms with E-state index in [0.29, 0.717) is 23.0 Å². The lowest BCUT2D eigenvalue weighted by atomic mass is 10.0. The van der Waals surface area contributed by atoms with E-state index in [2.05, 4.69) is 277 Å². The van der Waals surface area contributed by atoms with Crippen molar-refractivity contribution >= 4 is 122 Å². The molecule has 0 saturated heterocycles. The molecule has 0 saturated carbocycles. The van der Waals surface area contributed by atoms with Gasteiger partial charge in [0.05, 0.1) is 33.4 Å². The molecule has 0 spiro atoms. The summed E-state index contributed by atoms with van der Waals surface area (Å²) in [6.45, 7) is 8.96. The minimum atomic E-state index is 0.405. The van der Waals surface area contributed by atoms with Crippen LogP contribution in [0, 0.1) is 0 Å².